The van der Waals surface area contributed by atoms with Crippen LogP contribution in [0.15, 0.2) is 47.4 Å². The zero-order valence-corrected chi connectivity index (χ0v) is 11.1. The van der Waals surface area contributed by atoms with Crippen LogP contribution in [-0.4, -0.2) is 16.8 Å². The molecule has 2 aromatic carbocycles. The van der Waals surface area contributed by atoms with Crippen LogP contribution in [0.3, 0.4) is 0 Å². The summed E-state index contributed by atoms with van der Waals surface area (Å²) in [5, 5.41) is 11.6. The van der Waals surface area contributed by atoms with Gasteiger partial charge in [0.15, 0.2) is 0 Å². The van der Waals surface area contributed by atoms with E-state index in [0.717, 1.165) is 11.0 Å². The number of hydrogen-bond donors (Lipinski definition) is 2. The van der Waals surface area contributed by atoms with Crippen molar-refractivity contribution in [3.05, 3.63) is 54.1 Å². The predicted octanol–water partition coefficient (Wildman–Crippen LogP) is 3.40. The molecule has 0 aliphatic carbocycles. The standard InChI is InChI=1S/C14H11F2NO2S/c15-9-4-5-13(12(16)6-9)17-14(19)8-20-11-3-1-2-10(18)7-11/h1-7,18H,8H2,(H,17,19). The number of aromatic hydroxyl groups is 1. The monoisotopic (exact) mass is 295 g/mol. The first-order valence-corrected chi connectivity index (χ1v) is 6.70. The van der Waals surface area contributed by atoms with Gasteiger partial charge in [-0.3, -0.25) is 4.79 Å². The molecule has 0 aliphatic heterocycles. The highest BCUT2D eigenvalue weighted by Crippen LogP contribution is 2.22. The van der Waals surface area contributed by atoms with Gasteiger partial charge >= 0.3 is 0 Å². The zero-order valence-electron chi connectivity index (χ0n) is 10.3. The van der Waals surface area contributed by atoms with Crippen LogP contribution >= 0.6 is 11.8 Å². The van der Waals surface area contributed by atoms with E-state index < -0.39 is 17.5 Å². The van der Waals surface area contributed by atoms with Crippen molar-refractivity contribution in [3.63, 3.8) is 0 Å². The Kier molecular flexibility index (Phi) is 4.57. The lowest BCUT2D eigenvalue weighted by Crippen LogP contribution is -2.15. The van der Waals surface area contributed by atoms with Gasteiger partial charge in [-0.1, -0.05) is 6.07 Å². The number of halogens is 2. The van der Waals surface area contributed by atoms with Crippen molar-refractivity contribution in [2.24, 2.45) is 0 Å². The van der Waals surface area contributed by atoms with E-state index in [0.29, 0.717) is 6.07 Å². The number of benzene rings is 2. The molecule has 0 atom stereocenters. The van der Waals surface area contributed by atoms with Crippen LogP contribution in [-0.2, 0) is 4.79 Å². The van der Waals surface area contributed by atoms with Gasteiger partial charge in [0.05, 0.1) is 11.4 Å². The van der Waals surface area contributed by atoms with Gasteiger partial charge in [0.1, 0.15) is 17.4 Å². The molecule has 0 spiro atoms. The molecule has 0 heterocycles. The van der Waals surface area contributed by atoms with Crippen LogP contribution in [0, 0.1) is 11.6 Å². The molecule has 0 saturated carbocycles. The molecule has 104 valence electrons. The second-order valence-corrected chi connectivity index (χ2v) is 5.01. The molecule has 0 bridgehead atoms. The molecule has 0 aromatic heterocycles. The molecule has 3 nitrogen and oxygen atoms in total. The Morgan fingerprint density at radius 2 is 2.00 bits per heavy atom. The fourth-order valence-corrected chi connectivity index (χ4v) is 2.25. The van der Waals surface area contributed by atoms with E-state index in [-0.39, 0.29) is 17.2 Å². The smallest absolute Gasteiger partial charge is 0.234 e. The number of carbonyl (C=O) groups excluding carboxylic acids is 1. The first-order chi connectivity index (χ1) is 9.54. The van der Waals surface area contributed by atoms with E-state index in [2.05, 4.69) is 5.32 Å². The zero-order chi connectivity index (χ0) is 14.5. The third-order valence-electron chi connectivity index (χ3n) is 2.39. The maximum absolute atomic E-state index is 13.3. The Morgan fingerprint density at radius 1 is 1.20 bits per heavy atom. The highest BCUT2D eigenvalue weighted by atomic mass is 32.2. The van der Waals surface area contributed by atoms with Crippen LogP contribution in [0.25, 0.3) is 0 Å². The average Bonchev–Trinajstić information content (AvgIpc) is 2.40. The van der Waals surface area contributed by atoms with Crippen molar-refractivity contribution in [1.82, 2.24) is 0 Å². The van der Waals surface area contributed by atoms with Gasteiger partial charge in [-0.15, -0.1) is 11.8 Å². The minimum Gasteiger partial charge on any atom is -0.508 e. The fourth-order valence-electron chi connectivity index (χ4n) is 1.50. The van der Waals surface area contributed by atoms with Gasteiger partial charge in [0.2, 0.25) is 5.91 Å². The summed E-state index contributed by atoms with van der Waals surface area (Å²) in [5.74, 6) is -1.76. The molecular formula is C14H11F2NO2S. The second kappa shape index (κ2) is 6.38. The van der Waals surface area contributed by atoms with E-state index >= 15 is 0 Å². The topological polar surface area (TPSA) is 49.3 Å². The van der Waals surface area contributed by atoms with E-state index in [1.165, 1.54) is 30.0 Å². The molecular weight excluding hydrogens is 284 g/mol. The van der Waals surface area contributed by atoms with Crippen molar-refractivity contribution in [3.8, 4) is 5.75 Å². The van der Waals surface area contributed by atoms with Crippen molar-refractivity contribution < 1.29 is 18.7 Å². The van der Waals surface area contributed by atoms with Gasteiger partial charge in [-0.25, -0.2) is 8.78 Å². The molecule has 20 heavy (non-hydrogen) atoms. The number of phenols is 1. The highest BCUT2D eigenvalue weighted by molar-refractivity contribution is 8.00. The number of rotatable bonds is 4. The summed E-state index contributed by atoms with van der Waals surface area (Å²) in [6.45, 7) is 0. The van der Waals surface area contributed by atoms with Crippen LogP contribution in [0.5, 0.6) is 5.75 Å². The quantitative estimate of drug-likeness (QED) is 0.850. The van der Waals surface area contributed by atoms with Crippen molar-refractivity contribution in [2.75, 3.05) is 11.1 Å². The third kappa shape index (κ3) is 3.96. The molecule has 0 saturated heterocycles. The van der Waals surface area contributed by atoms with Gasteiger partial charge in [-0.2, -0.15) is 0 Å². The summed E-state index contributed by atoms with van der Waals surface area (Å²) in [4.78, 5) is 12.4. The number of phenolic OH excluding ortho intramolecular Hbond substituents is 1. The number of nitrogens with one attached hydrogen (secondary N) is 1. The molecule has 0 aliphatic rings. The van der Waals surface area contributed by atoms with Crippen molar-refractivity contribution in [1.29, 1.82) is 0 Å². The molecule has 2 rings (SSSR count). The van der Waals surface area contributed by atoms with Gasteiger partial charge < -0.3 is 10.4 Å². The Hall–Kier alpha value is -2.08. The summed E-state index contributed by atoms with van der Waals surface area (Å²) < 4.78 is 26.0. The first kappa shape index (κ1) is 14.3. The summed E-state index contributed by atoms with van der Waals surface area (Å²) in [7, 11) is 0. The lowest BCUT2D eigenvalue weighted by molar-refractivity contribution is -0.113. The van der Waals surface area contributed by atoms with E-state index in [1.54, 1.807) is 12.1 Å². The Morgan fingerprint density at radius 3 is 2.70 bits per heavy atom. The predicted molar refractivity (Wildman–Crippen MR) is 73.8 cm³/mol. The number of carbonyl (C=O) groups is 1. The molecule has 1 amide bonds. The number of anilines is 1. The normalized spacial score (nSPS) is 10.3. The third-order valence-corrected chi connectivity index (χ3v) is 3.39. The lowest BCUT2D eigenvalue weighted by atomic mass is 10.3. The van der Waals surface area contributed by atoms with Crippen molar-refractivity contribution in [2.45, 2.75) is 4.90 Å². The van der Waals surface area contributed by atoms with E-state index in [4.69, 9.17) is 0 Å². The van der Waals surface area contributed by atoms with Gasteiger partial charge in [0.25, 0.3) is 0 Å². The number of thioether (sulfide) groups is 1. The second-order valence-electron chi connectivity index (χ2n) is 3.96. The largest absolute Gasteiger partial charge is 0.508 e. The average molecular weight is 295 g/mol. The first-order valence-electron chi connectivity index (χ1n) is 5.71. The van der Waals surface area contributed by atoms with Crippen LogP contribution in [0.4, 0.5) is 14.5 Å². The maximum Gasteiger partial charge on any atom is 0.234 e. The minimum absolute atomic E-state index is 0.0558. The van der Waals surface area contributed by atoms with Gasteiger partial charge in [-0.05, 0) is 30.3 Å². The van der Waals surface area contributed by atoms with Crippen LogP contribution in [0.2, 0.25) is 0 Å². The molecule has 6 heteroatoms. The Labute approximate surface area is 118 Å². The molecule has 2 aromatic rings. The van der Waals surface area contributed by atoms with E-state index in [9.17, 15) is 18.7 Å². The summed E-state index contributed by atoms with van der Waals surface area (Å²) in [6.07, 6.45) is 0. The summed E-state index contributed by atoms with van der Waals surface area (Å²) >= 11 is 1.20. The molecule has 0 radical (unpaired) electrons. The maximum atomic E-state index is 13.3. The van der Waals surface area contributed by atoms with Crippen molar-refractivity contribution >= 4 is 23.4 Å². The number of amides is 1. The van der Waals surface area contributed by atoms with Crippen LogP contribution in [0.1, 0.15) is 0 Å². The van der Waals surface area contributed by atoms with Gasteiger partial charge in [0, 0.05) is 11.0 Å². The molecule has 0 unspecified atom stereocenters. The minimum atomic E-state index is -0.819. The SMILES string of the molecule is O=C(CSc1cccc(O)c1)Nc1ccc(F)cc1F. The summed E-state index contributed by atoms with van der Waals surface area (Å²) in [6, 6.07) is 9.40. The fraction of sp³-hybridized carbons (Fsp3) is 0.0714. The van der Waals surface area contributed by atoms with Crippen LogP contribution < -0.4 is 5.32 Å². The highest BCUT2D eigenvalue weighted by Gasteiger charge is 2.08. The Balaban J connectivity index is 1.92. The number of hydrogen-bond acceptors (Lipinski definition) is 3. The lowest BCUT2D eigenvalue weighted by Gasteiger charge is -2.06. The van der Waals surface area contributed by atoms with E-state index in [1.807, 2.05) is 0 Å². The summed E-state index contributed by atoms with van der Waals surface area (Å²) in [5.41, 5.74) is -0.0621. The molecule has 2 N–H and O–H groups in total. The molecule has 0 fully saturated rings. The Bertz CT molecular complexity index is 634.